The van der Waals surface area contributed by atoms with Crippen molar-refractivity contribution in [1.82, 2.24) is 5.32 Å². The lowest BCUT2D eigenvalue weighted by Crippen LogP contribution is -2.55. The molecule has 0 heterocycles. The molecule has 11 nitrogen and oxygen atoms in total. The Morgan fingerprint density at radius 2 is 1.43 bits per heavy atom. The molecule has 1 rings (SSSR count). The lowest BCUT2D eigenvalue weighted by Gasteiger charge is -2.29. The lowest BCUT2D eigenvalue weighted by molar-refractivity contribution is -0.172. The summed E-state index contributed by atoms with van der Waals surface area (Å²) in [6.45, 7) is 2.14. The number of phenolic OH excluding ortho intramolecular Hbond substituents is 1. The minimum Gasteiger partial charge on any atom is -0.508 e. The van der Waals surface area contributed by atoms with Gasteiger partial charge in [-0.25, -0.2) is 9.59 Å². The van der Waals surface area contributed by atoms with Crippen LogP contribution in [0.2, 0.25) is 0 Å². The van der Waals surface area contributed by atoms with E-state index in [4.69, 9.17) is 0 Å². The molecule has 6 N–H and O–H groups in total. The summed E-state index contributed by atoms with van der Waals surface area (Å²) in [5.74, 6) is -7.83. The summed E-state index contributed by atoms with van der Waals surface area (Å²) >= 11 is 0. The summed E-state index contributed by atoms with van der Waals surface area (Å²) < 4.78 is 0. The standard InChI is InChI=1S/C31H45NO10/c1-2-3-4-7-10-13-23(33)14-11-8-5-6-9-12-15-25(31(42,30(40)41)21-27(35)36)28(37)32-26(29(38)39)20-22-16-18-24(34)19-17-22/h12,15-19,25-26,34,42H,2-11,13-14,20-21H2,1H3,(H,32,37)(H,35,36)(H,38,39)(H,40,41)/t25-,26+,31+/m1/s1. The third-order valence-corrected chi connectivity index (χ3v) is 7.04. The van der Waals surface area contributed by atoms with Gasteiger partial charge in [0.15, 0.2) is 5.60 Å². The lowest BCUT2D eigenvalue weighted by atomic mass is 9.82. The molecule has 3 atom stereocenters. The Labute approximate surface area is 246 Å². The van der Waals surface area contributed by atoms with Gasteiger partial charge in [-0.2, -0.15) is 0 Å². The number of unbranched alkanes of at least 4 members (excludes halogenated alkanes) is 8. The predicted octanol–water partition coefficient (Wildman–Crippen LogP) is 4.24. The second-order valence-electron chi connectivity index (χ2n) is 10.6. The summed E-state index contributed by atoms with van der Waals surface area (Å²) in [5, 5.41) is 50.9. The zero-order chi connectivity index (χ0) is 31.5. The molecule has 11 heteroatoms. The first-order chi connectivity index (χ1) is 19.9. The van der Waals surface area contributed by atoms with E-state index in [1.165, 1.54) is 36.8 Å². The number of carbonyl (C=O) groups excluding carboxylic acids is 2. The Kier molecular flexibility index (Phi) is 16.8. The molecule has 1 amide bonds. The van der Waals surface area contributed by atoms with Crippen LogP contribution in [-0.4, -0.2) is 66.8 Å². The number of rotatable bonds is 23. The molecule has 234 valence electrons. The molecule has 1 aromatic rings. The number of aliphatic carboxylic acids is 3. The van der Waals surface area contributed by atoms with E-state index in [0.29, 0.717) is 31.2 Å². The van der Waals surface area contributed by atoms with Crippen molar-refractivity contribution < 1.29 is 49.5 Å². The average Bonchev–Trinajstić information content (AvgIpc) is 2.92. The highest BCUT2D eigenvalue weighted by Crippen LogP contribution is 2.26. The second-order valence-corrected chi connectivity index (χ2v) is 10.6. The zero-order valence-electron chi connectivity index (χ0n) is 24.3. The Hall–Kier alpha value is -3.73. The fourth-order valence-electron chi connectivity index (χ4n) is 4.56. The average molecular weight is 592 g/mol. The van der Waals surface area contributed by atoms with Crippen molar-refractivity contribution in [3.8, 4) is 5.75 Å². The van der Waals surface area contributed by atoms with Crippen LogP contribution in [-0.2, 0) is 30.4 Å². The van der Waals surface area contributed by atoms with Gasteiger partial charge in [0.1, 0.15) is 17.6 Å². The molecule has 0 bridgehead atoms. The number of ketones is 1. The van der Waals surface area contributed by atoms with E-state index in [-0.39, 0.29) is 18.0 Å². The van der Waals surface area contributed by atoms with Crippen LogP contribution in [0.1, 0.15) is 96.0 Å². The number of aliphatic hydroxyl groups is 1. The van der Waals surface area contributed by atoms with Gasteiger partial charge in [0.05, 0.1) is 12.3 Å². The largest absolute Gasteiger partial charge is 0.508 e. The number of hydrogen-bond acceptors (Lipinski definition) is 7. The van der Waals surface area contributed by atoms with Crippen molar-refractivity contribution in [3.05, 3.63) is 42.0 Å². The highest BCUT2D eigenvalue weighted by molar-refractivity contribution is 5.94. The fourth-order valence-corrected chi connectivity index (χ4v) is 4.56. The number of carbonyl (C=O) groups is 5. The summed E-state index contributed by atoms with van der Waals surface area (Å²) in [6, 6.07) is 4.07. The Morgan fingerprint density at radius 3 is 1.95 bits per heavy atom. The molecule has 0 spiro atoms. The number of benzene rings is 1. The van der Waals surface area contributed by atoms with Gasteiger partial charge in [-0.3, -0.25) is 14.4 Å². The molecule has 0 aromatic heterocycles. The predicted molar refractivity (Wildman–Crippen MR) is 155 cm³/mol. The van der Waals surface area contributed by atoms with E-state index < -0.39 is 47.8 Å². The fraction of sp³-hybridized carbons (Fsp3) is 0.581. The van der Waals surface area contributed by atoms with Crippen LogP contribution in [0, 0.1) is 5.92 Å². The SMILES string of the molecule is CCCCCCCC(=O)CCCCCCC=C[C@H](C(=O)N[C@@H](Cc1ccc(O)cc1)C(=O)O)[C@@](O)(CC(=O)O)C(=O)O. The van der Waals surface area contributed by atoms with Crippen LogP contribution < -0.4 is 5.32 Å². The molecule has 42 heavy (non-hydrogen) atoms. The van der Waals surface area contributed by atoms with Crippen molar-refractivity contribution >= 4 is 29.6 Å². The van der Waals surface area contributed by atoms with Crippen molar-refractivity contribution in [2.45, 2.75) is 108 Å². The molecule has 0 fully saturated rings. The maximum absolute atomic E-state index is 13.1. The number of hydrogen-bond donors (Lipinski definition) is 6. The molecule has 0 aliphatic rings. The van der Waals surface area contributed by atoms with Gasteiger partial charge in [0.25, 0.3) is 0 Å². The summed E-state index contributed by atoms with van der Waals surface area (Å²) in [5.41, 5.74) is -2.56. The number of Topliss-reactive ketones (excluding diaryl/α,β-unsaturated/α-hetero) is 1. The molecule has 0 saturated carbocycles. The maximum Gasteiger partial charge on any atom is 0.337 e. The minimum absolute atomic E-state index is 0.0401. The maximum atomic E-state index is 13.1. The monoisotopic (exact) mass is 591 g/mol. The molecule has 1 aromatic carbocycles. The van der Waals surface area contributed by atoms with Gasteiger partial charge >= 0.3 is 17.9 Å². The van der Waals surface area contributed by atoms with Gasteiger partial charge in [-0.1, -0.05) is 69.7 Å². The zero-order valence-corrected chi connectivity index (χ0v) is 24.3. The molecule has 0 saturated heterocycles. The van der Waals surface area contributed by atoms with Crippen molar-refractivity contribution in [1.29, 1.82) is 0 Å². The summed E-state index contributed by atoms with van der Waals surface area (Å²) in [4.78, 5) is 60.2. The number of carboxylic acids is 3. The van der Waals surface area contributed by atoms with Crippen molar-refractivity contribution in [2.24, 2.45) is 5.92 Å². The molecule has 0 unspecified atom stereocenters. The van der Waals surface area contributed by atoms with Gasteiger partial charge in [-0.05, 0) is 43.4 Å². The van der Waals surface area contributed by atoms with E-state index in [0.717, 1.165) is 51.0 Å². The van der Waals surface area contributed by atoms with Crippen molar-refractivity contribution in [3.63, 3.8) is 0 Å². The first kappa shape index (κ1) is 36.3. The smallest absolute Gasteiger partial charge is 0.337 e. The molecule has 0 radical (unpaired) electrons. The van der Waals surface area contributed by atoms with Crippen LogP contribution in [0.15, 0.2) is 36.4 Å². The first-order valence-electron chi connectivity index (χ1n) is 14.6. The van der Waals surface area contributed by atoms with E-state index in [1.54, 1.807) is 0 Å². The minimum atomic E-state index is -3.02. The highest BCUT2D eigenvalue weighted by atomic mass is 16.4. The van der Waals surface area contributed by atoms with Gasteiger partial charge in [-0.15, -0.1) is 0 Å². The number of aromatic hydroxyl groups is 1. The summed E-state index contributed by atoms with van der Waals surface area (Å²) in [6.07, 6.45) is 11.1. The van der Waals surface area contributed by atoms with Crippen LogP contribution >= 0.6 is 0 Å². The van der Waals surface area contributed by atoms with Crippen LogP contribution in [0.5, 0.6) is 5.75 Å². The number of amides is 1. The number of carboxylic acid groups (broad SMARTS) is 3. The van der Waals surface area contributed by atoms with Crippen LogP contribution in [0.4, 0.5) is 0 Å². The quantitative estimate of drug-likeness (QED) is 0.0790. The van der Waals surface area contributed by atoms with E-state index in [9.17, 15) is 49.5 Å². The van der Waals surface area contributed by atoms with E-state index >= 15 is 0 Å². The number of phenols is 1. The van der Waals surface area contributed by atoms with Gasteiger partial charge in [0, 0.05) is 19.3 Å². The van der Waals surface area contributed by atoms with Crippen LogP contribution in [0.25, 0.3) is 0 Å². The third kappa shape index (κ3) is 13.8. The topological polar surface area (TPSA) is 199 Å². The number of allylic oxidation sites excluding steroid dienone is 1. The molecule has 0 aliphatic heterocycles. The second kappa shape index (κ2) is 19.4. The molecular formula is C31H45NO10. The number of nitrogens with one attached hydrogen (secondary N) is 1. The normalized spacial score (nSPS) is 14.1. The van der Waals surface area contributed by atoms with E-state index in [1.807, 2.05) is 0 Å². The molecular weight excluding hydrogens is 546 g/mol. The first-order valence-corrected chi connectivity index (χ1v) is 14.6. The van der Waals surface area contributed by atoms with Gasteiger partial charge in [0.2, 0.25) is 5.91 Å². The Bertz CT molecular complexity index is 1050. The van der Waals surface area contributed by atoms with Crippen LogP contribution in [0.3, 0.4) is 0 Å². The third-order valence-electron chi connectivity index (χ3n) is 7.04. The Balaban J connectivity index is 2.77. The Morgan fingerprint density at radius 1 is 0.857 bits per heavy atom. The van der Waals surface area contributed by atoms with E-state index in [2.05, 4.69) is 12.2 Å². The molecule has 0 aliphatic carbocycles. The van der Waals surface area contributed by atoms with Gasteiger partial charge < -0.3 is 30.8 Å². The summed E-state index contributed by atoms with van der Waals surface area (Å²) in [7, 11) is 0. The highest BCUT2D eigenvalue weighted by Gasteiger charge is 2.49. The van der Waals surface area contributed by atoms with Crippen molar-refractivity contribution in [2.75, 3.05) is 0 Å².